The quantitative estimate of drug-likeness (QED) is 0.707. The second-order valence-corrected chi connectivity index (χ2v) is 4.71. The van der Waals surface area contributed by atoms with Gasteiger partial charge in [-0.1, -0.05) is 13.8 Å². The minimum absolute atomic E-state index is 0.298. The molecule has 8 heteroatoms. The summed E-state index contributed by atoms with van der Waals surface area (Å²) in [7, 11) is 0. The average molecular weight is 300 g/mol. The molecule has 0 radical (unpaired) electrons. The Morgan fingerprint density at radius 1 is 0.850 bits per heavy atom. The third kappa shape index (κ3) is 4.08. The smallest absolute Gasteiger partial charge is 0.348 e. The van der Waals surface area contributed by atoms with E-state index in [0.717, 1.165) is 0 Å². The van der Waals surface area contributed by atoms with E-state index in [0.29, 0.717) is 12.8 Å². The van der Waals surface area contributed by atoms with Crippen molar-refractivity contribution in [3.05, 3.63) is 0 Å². The number of carbonyl (C=O) groups is 2. The number of nitrogens with one attached hydrogen (secondary N) is 2. The van der Waals surface area contributed by atoms with Crippen molar-refractivity contribution in [1.82, 2.24) is 10.6 Å². The summed E-state index contributed by atoms with van der Waals surface area (Å²) in [6, 6.07) is -1.39. The first-order chi connectivity index (χ1) is 9.00. The van der Waals surface area contributed by atoms with E-state index in [1.54, 1.807) is 24.5 Å². The molecule has 0 rings (SSSR count). The summed E-state index contributed by atoms with van der Waals surface area (Å²) in [6.45, 7) is 5.98. The van der Waals surface area contributed by atoms with Crippen molar-refractivity contribution < 1.29 is 27.2 Å². The van der Waals surface area contributed by atoms with E-state index in [1.165, 1.54) is 13.8 Å². The Hall–Kier alpha value is -1.34. The highest BCUT2D eigenvalue weighted by Gasteiger charge is 2.67. The normalized spacial score (nSPS) is 15.4. The third-order valence-electron chi connectivity index (χ3n) is 2.94. The second kappa shape index (κ2) is 6.90. The summed E-state index contributed by atoms with van der Waals surface area (Å²) in [6.07, 6.45) is 0.596. The van der Waals surface area contributed by atoms with Crippen LogP contribution in [0.2, 0.25) is 0 Å². The lowest BCUT2D eigenvalue weighted by molar-refractivity contribution is -0.211. The molecule has 0 unspecified atom stereocenters. The van der Waals surface area contributed by atoms with Crippen LogP contribution in [-0.2, 0) is 9.59 Å². The van der Waals surface area contributed by atoms with Gasteiger partial charge in [-0.3, -0.25) is 9.59 Å². The zero-order valence-electron chi connectivity index (χ0n) is 11.9. The van der Waals surface area contributed by atoms with Gasteiger partial charge in [0, 0.05) is 12.1 Å². The van der Waals surface area contributed by atoms with E-state index < -0.39 is 35.7 Å². The van der Waals surface area contributed by atoms with Gasteiger partial charge in [0.1, 0.15) is 0 Å². The molecule has 0 heterocycles. The lowest BCUT2D eigenvalue weighted by Crippen LogP contribution is -2.61. The first-order valence-corrected chi connectivity index (χ1v) is 6.38. The molecular weight excluding hydrogens is 280 g/mol. The number of carbonyl (C=O) groups excluding carboxylic acids is 2. The Bertz CT molecular complexity index is 327. The highest BCUT2D eigenvalue weighted by molar-refractivity contribution is 5.95. The first kappa shape index (κ1) is 18.7. The van der Waals surface area contributed by atoms with Crippen LogP contribution >= 0.6 is 0 Å². The maximum Gasteiger partial charge on any atom is 0.395 e. The maximum atomic E-state index is 13.5. The van der Waals surface area contributed by atoms with Gasteiger partial charge in [-0.2, -0.15) is 17.6 Å². The number of alkyl halides is 4. The van der Waals surface area contributed by atoms with Gasteiger partial charge < -0.3 is 10.6 Å². The monoisotopic (exact) mass is 300 g/mol. The van der Waals surface area contributed by atoms with Crippen LogP contribution in [0.4, 0.5) is 17.6 Å². The lowest BCUT2D eigenvalue weighted by Gasteiger charge is -2.26. The molecule has 0 aliphatic carbocycles. The molecule has 4 nitrogen and oxygen atoms in total. The molecule has 0 fully saturated rings. The molecule has 0 aliphatic heterocycles. The molecule has 0 saturated heterocycles. The highest BCUT2D eigenvalue weighted by atomic mass is 19.3. The maximum absolute atomic E-state index is 13.5. The molecule has 0 aromatic heterocycles. The average Bonchev–Trinajstić information content (AvgIpc) is 2.37. The summed E-state index contributed by atoms with van der Waals surface area (Å²) in [4.78, 5) is 22.4. The lowest BCUT2D eigenvalue weighted by atomic mass is 10.1. The summed E-state index contributed by atoms with van der Waals surface area (Å²) in [5.74, 6) is -14.5. The summed E-state index contributed by atoms with van der Waals surface area (Å²) in [5, 5.41) is 3.50. The van der Waals surface area contributed by atoms with Crippen LogP contribution in [-0.4, -0.2) is 35.7 Å². The Balaban J connectivity index is 5.04. The molecule has 118 valence electrons. The summed E-state index contributed by atoms with van der Waals surface area (Å²) >= 11 is 0. The van der Waals surface area contributed by atoms with Crippen LogP contribution in [0.15, 0.2) is 0 Å². The Morgan fingerprint density at radius 3 is 1.30 bits per heavy atom. The molecule has 0 saturated carbocycles. The number of amides is 2. The van der Waals surface area contributed by atoms with Crippen LogP contribution < -0.4 is 10.6 Å². The standard InChI is InChI=1S/C12H20F4N2O2/c1-5-7(3)17-9(19)11(13,14)12(15,16)10(20)18-8(4)6-2/h7-8H,5-6H2,1-4H3,(H,17,19)(H,18,20)/t7-,8-/m0/s1. The molecule has 2 N–H and O–H groups in total. The highest BCUT2D eigenvalue weighted by Crippen LogP contribution is 2.35. The summed E-state index contributed by atoms with van der Waals surface area (Å²) in [5.41, 5.74) is 0. The number of hydrogen-bond acceptors (Lipinski definition) is 2. The fourth-order valence-corrected chi connectivity index (χ4v) is 1.12. The van der Waals surface area contributed by atoms with Crippen molar-refractivity contribution >= 4 is 11.8 Å². The van der Waals surface area contributed by atoms with Crippen molar-refractivity contribution in [3.63, 3.8) is 0 Å². The molecule has 2 atom stereocenters. The van der Waals surface area contributed by atoms with Crippen LogP contribution in [0.25, 0.3) is 0 Å². The van der Waals surface area contributed by atoms with Gasteiger partial charge in [-0.15, -0.1) is 0 Å². The molecule has 0 spiro atoms. The first-order valence-electron chi connectivity index (χ1n) is 6.38. The SMILES string of the molecule is CC[C@H](C)NC(=O)C(F)(F)C(F)(F)C(=O)N[C@@H](C)CC. The molecule has 0 bridgehead atoms. The minimum atomic E-state index is -5.10. The zero-order valence-corrected chi connectivity index (χ0v) is 11.9. The van der Waals surface area contributed by atoms with Gasteiger partial charge in [0.05, 0.1) is 0 Å². The van der Waals surface area contributed by atoms with Crippen LogP contribution in [0.3, 0.4) is 0 Å². The van der Waals surface area contributed by atoms with Crippen molar-refractivity contribution in [2.75, 3.05) is 0 Å². The number of hydrogen-bond donors (Lipinski definition) is 2. The Labute approximate surface area is 115 Å². The fourth-order valence-electron chi connectivity index (χ4n) is 1.12. The molecule has 20 heavy (non-hydrogen) atoms. The number of rotatable bonds is 7. The predicted molar refractivity (Wildman–Crippen MR) is 65.7 cm³/mol. The largest absolute Gasteiger partial charge is 0.395 e. The van der Waals surface area contributed by atoms with E-state index in [2.05, 4.69) is 0 Å². The van der Waals surface area contributed by atoms with Gasteiger partial charge in [-0.05, 0) is 26.7 Å². The Kier molecular flexibility index (Phi) is 6.43. The topological polar surface area (TPSA) is 58.2 Å². The van der Waals surface area contributed by atoms with E-state index in [4.69, 9.17) is 0 Å². The van der Waals surface area contributed by atoms with Crippen molar-refractivity contribution in [1.29, 1.82) is 0 Å². The van der Waals surface area contributed by atoms with Gasteiger partial charge in [-0.25, -0.2) is 0 Å². The van der Waals surface area contributed by atoms with Gasteiger partial charge in [0.25, 0.3) is 11.8 Å². The summed E-state index contributed by atoms with van der Waals surface area (Å²) < 4.78 is 53.9. The van der Waals surface area contributed by atoms with E-state index >= 15 is 0 Å². The van der Waals surface area contributed by atoms with Gasteiger partial charge in [0.15, 0.2) is 0 Å². The molecule has 2 amide bonds. The molecule has 0 aromatic carbocycles. The third-order valence-corrected chi connectivity index (χ3v) is 2.94. The zero-order chi connectivity index (χ0) is 16.1. The van der Waals surface area contributed by atoms with E-state index in [-0.39, 0.29) is 0 Å². The van der Waals surface area contributed by atoms with Crippen LogP contribution in [0, 0.1) is 0 Å². The van der Waals surface area contributed by atoms with Gasteiger partial charge >= 0.3 is 11.8 Å². The van der Waals surface area contributed by atoms with Crippen molar-refractivity contribution in [2.45, 2.75) is 64.5 Å². The fraction of sp³-hybridized carbons (Fsp3) is 0.833. The predicted octanol–water partition coefficient (Wildman–Crippen LogP) is 2.09. The van der Waals surface area contributed by atoms with Crippen LogP contribution in [0.1, 0.15) is 40.5 Å². The van der Waals surface area contributed by atoms with Crippen LogP contribution in [0.5, 0.6) is 0 Å². The molecule has 0 aromatic rings. The molecular formula is C12H20F4N2O2. The van der Waals surface area contributed by atoms with Crippen molar-refractivity contribution in [2.24, 2.45) is 0 Å². The molecule has 0 aliphatic rings. The number of halogens is 4. The van der Waals surface area contributed by atoms with Gasteiger partial charge in [0.2, 0.25) is 0 Å². The Morgan fingerprint density at radius 2 is 1.10 bits per heavy atom. The van der Waals surface area contributed by atoms with Crippen molar-refractivity contribution in [3.8, 4) is 0 Å². The second-order valence-electron chi connectivity index (χ2n) is 4.71. The minimum Gasteiger partial charge on any atom is -0.348 e. The van der Waals surface area contributed by atoms with E-state index in [9.17, 15) is 27.2 Å². The van der Waals surface area contributed by atoms with E-state index in [1.807, 2.05) is 0 Å².